The standard InChI is InChI=1S/C25H27N5O2/c1-16-10-12-21(13-11-16)30-19(4)23-18(3)27-29(25(32)24(23)28-30)15-22(31)26-14-17(2)20-8-6-5-7-9-20/h5-13,17H,14-15H2,1-4H3,(H,26,31)/t17-/m1/s1. The molecule has 7 nitrogen and oxygen atoms in total. The van der Waals surface area contributed by atoms with Crippen LogP contribution in [0, 0.1) is 20.8 Å². The molecule has 0 saturated carbocycles. The van der Waals surface area contributed by atoms with Crippen molar-refractivity contribution in [1.29, 1.82) is 0 Å². The Labute approximate surface area is 186 Å². The van der Waals surface area contributed by atoms with Crippen molar-refractivity contribution in [3.8, 4) is 5.69 Å². The van der Waals surface area contributed by atoms with Gasteiger partial charge in [0.1, 0.15) is 6.54 Å². The molecule has 0 saturated heterocycles. The lowest BCUT2D eigenvalue weighted by Crippen LogP contribution is -2.35. The number of fused-ring (bicyclic) bond motifs is 1. The van der Waals surface area contributed by atoms with E-state index in [9.17, 15) is 9.59 Å². The second-order valence-electron chi connectivity index (χ2n) is 8.22. The van der Waals surface area contributed by atoms with E-state index in [2.05, 4.69) is 22.4 Å². The summed E-state index contributed by atoms with van der Waals surface area (Å²) in [6, 6.07) is 17.9. The Hall–Kier alpha value is -3.74. The second-order valence-corrected chi connectivity index (χ2v) is 8.22. The molecule has 1 atom stereocenters. The van der Waals surface area contributed by atoms with Gasteiger partial charge in [-0.3, -0.25) is 9.59 Å². The van der Waals surface area contributed by atoms with Gasteiger partial charge in [0, 0.05) is 6.54 Å². The average Bonchev–Trinajstić information content (AvgIpc) is 3.14. The number of hydrogen-bond acceptors (Lipinski definition) is 4. The molecule has 0 aliphatic heterocycles. The van der Waals surface area contributed by atoms with Gasteiger partial charge in [-0.2, -0.15) is 10.2 Å². The Morgan fingerprint density at radius 3 is 2.38 bits per heavy atom. The first kappa shape index (κ1) is 21.5. The van der Waals surface area contributed by atoms with Crippen molar-refractivity contribution in [3.63, 3.8) is 0 Å². The van der Waals surface area contributed by atoms with Gasteiger partial charge in [-0.15, -0.1) is 0 Å². The van der Waals surface area contributed by atoms with E-state index in [1.807, 2.05) is 75.4 Å². The summed E-state index contributed by atoms with van der Waals surface area (Å²) in [5.41, 5.74) is 4.64. The van der Waals surface area contributed by atoms with Crippen molar-refractivity contribution in [3.05, 3.63) is 87.5 Å². The van der Waals surface area contributed by atoms with Crippen molar-refractivity contribution in [2.75, 3.05) is 6.54 Å². The maximum Gasteiger partial charge on any atom is 0.295 e. The number of nitrogens with one attached hydrogen (secondary N) is 1. The van der Waals surface area contributed by atoms with Crippen LogP contribution in [0.1, 0.15) is 35.4 Å². The molecule has 0 aliphatic rings. The van der Waals surface area contributed by atoms with E-state index in [0.717, 1.165) is 27.9 Å². The van der Waals surface area contributed by atoms with Gasteiger partial charge in [0.05, 0.1) is 22.5 Å². The number of nitrogens with zero attached hydrogens (tertiary/aromatic N) is 4. The largest absolute Gasteiger partial charge is 0.354 e. The van der Waals surface area contributed by atoms with Crippen LogP contribution in [0.15, 0.2) is 59.4 Å². The lowest BCUT2D eigenvalue weighted by atomic mass is 10.0. The van der Waals surface area contributed by atoms with E-state index >= 15 is 0 Å². The number of benzene rings is 2. The van der Waals surface area contributed by atoms with E-state index in [0.29, 0.717) is 17.8 Å². The number of aromatic nitrogens is 4. The average molecular weight is 430 g/mol. The summed E-state index contributed by atoms with van der Waals surface area (Å²) in [5, 5.41) is 12.6. The van der Waals surface area contributed by atoms with Crippen LogP contribution in [0.2, 0.25) is 0 Å². The van der Waals surface area contributed by atoms with Gasteiger partial charge < -0.3 is 5.32 Å². The Morgan fingerprint density at radius 2 is 1.69 bits per heavy atom. The summed E-state index contributed by atoms with van der Waals surface area (Å²) in [6.07, 6.45) is 0. The number of carbonyl (C=O) groups is 1. The van der Waals surface area contributed by atoms with E-state index in [-0.39, 0.29) is 23.9 Å². The summed E-state index contributed by atoms with van der Waals surface area (Å²) >= 11 is 0. The quantitative estimate of drug-likeness (QED) is 0.509. The summed E-state index contributed by atoms with van der Waals surface area (Å²) < 4.78 is 2.96. The molecule has 7 heteroatoms. The highest BCUT2D eigenvalue weighted by molar-refractivity contribution is 5.83. The molecule has 0 radical (unpaired) electrons. The third kappa shape index (κ3) is 4.19. The minimum absolute atomic E-state index is 0.145. The molecule has 0 aliphatic carbocycles. The molecule has 0 bridgehead atoms. The summed E-state index contributed by atoms with van der Waals surface area (Å²) in [6.45, 7) is 8.17. The maximum atomic E-state index is 13.1. The van der Waals surface area contributed by atoms with Crippen LogP contribution in [-0.2, 0) is 11.3 Å². The molecule has 32 heavy (non-hydrogen) atoms. The Bertz CT molecular complexity index is 1320. The topological polar surface area (TPSA) is 81.8 Å². The molecule has 1 amide bonds. The van der Waals surface area contributed by atoms with Gasteiger partial charge in [0.15, 0.2) is 5.52 Å². The zero-order chi connectivity index (χ0) is 22.8. The monoisotopic (exact) mass is 429 g/mol. The van der Waals surface area contributed by atoms with Gasteiger partial charge in [-0.05, 0) is 44.4 Å². The SMILES string of the molecule is Cc1ccc(-n2nc3c(=O)n(CC(=O)NC[C@@H](C)c4ccccc4)nc(C)c3c2C)cc1. The minimum Gasteiger partial charge on any atom is -0.354 e. The summed E-state index contributed by atoms with van der Waals surface area (Å²) in [4.78, 5) is 25.6. The van der Waals surface area contributed by atoms with Crippen molar-refractivity contribution >= 4 is 16.8 Å². The molecule has 2 heterocycles. The Kier molecular flexibility index (Phi) is 5.90. The van der Waals surface area contributed by atoms with Crippen LogP contribution in [0.5, 0.6) is 0 Å². The molecular weight excluding hydrogens is 402 g/mol. The molecule has 2 aromatic carbocycles. The maximum absolute atomic E-state index is 13.1. The minimum atomic E-state index is -0.370. The fourth-order valence-electron chi connectivity index (χ4n) is 3.89. The summed E-state index contributed by atoms with van der Waals surface area (Å²) in [7, 11) is 0. The Balaban J connectivity index is 1.57. The first-order chi connectivity index (χ1) is 15.3. The predicted molar refractivity (Wildman–Crippen MR) is 125 cm³/mol. The number of carbonyl (C=O) groups excluding carboxylic acids is 1. The molecule has 0 spiro atoms. The molecular formula is C25H27N5O2. The number of amides is 1. The van der Waals surface area contributed by atoms with Crippen LogP contribution in [0.4, 0.5) is 0 Å². The third-order valence-electron chi connectivity index (χ3n) is 5.73. The normalized spacial score (nSPS) is 12.1. The number of rotatable bonds is 6. The smallest absolute Gasteiger partial charge is 0.295 e. The molecule has 4 rings (SSSR count). The first-order valence-corrected chi connectivity index (χ1v) is 10.7. The predicted octanol–water partition coefficient (Wildman–Crippen LogP) is 3.43. The van der Waals surface area contributed by atoms with Gasteiger partial charge in [-0.25, -0.2) is 9.36 Å². The highest BCUT2D eigenvalue weighted by atomic mass is 16.2. The third-order valence-corrected chi connectivity index (χ3v) is 5.73. The lowest BCUT2D eigenvalue weighted by molar-refractivity contribution is -0.121. The van der Waals surface area contributed by atoms with Crippen LogP contribution in [0.25, 0.3) is 16.6 Å². The highest BCUT2D eigenvalue weighted by Gasteiger charge is 2.18. The van der Waals surface area contributed by atoms with Crippen molar-refractivity contribution in [1.82, 2.24) is 24.9 Å². The van der Waals surface area contributed by atoms with Gasteiger partial charge in [0.2, 0.25) is 5.91 Å². The molecule has 164 valence electrons. The zero-order valence-corrected chi connectivity index (χ0v) is 18.8. The highest BCUT2D eigenvalue weighted by Crippen LogP contribution is 2.21. The number of aryl methyl sites for hydroxylation is 3. The molecule has 4 aromatic rings. The first-order valence-electron chi connectivity index (χ1n) is 10.7. The number of hydrogen-bond donors (Lipinski definition) is 1. The van der Waals surface area contributed by atoms with E-state index in [1.165, 1.54) is 4.68 Å². The molecule has 1 N–H and O–H groups in total. The summed E-state index contributed by atoms with van der Waals surface area (Å²) in [5.74, 6) is -0.0854. The van der Waals surface area contributed by atoms with Gasteiger partial charge >= 0.3 is 0 Å². The van der Waals surface area contributed by atoms with Crippen LogP contribution in [0.3, 0.4) is 0 Å². The van der Waals surface area contributed by atoms with Crippen LogP contribution in [-0.4, -0.2) is 32.0 Å². The van der Waals surface area contributed by atoms with Crippen molar-refractivity contribution < 1.29 is 4.79 Å². The molecule has 0 unspecified atom stereocenters. The van der Waals surface area contributed by atoms with Crippen molar-refractivity contribution in [2.24, 2.45) is 0 Å². The van der Waals surface area contributed by atoms with E-state index in [1.54, 1.807) is 4.68 Å². The van der Waals surface area contributed by atoms with E-state index < -0.39 is 0 Å². The van der Waals surface area contributed by atoms with Gasteiger partial charge in [-0.1, -0.05) is 55.0 Å². The molecule has 2 aromatic heterocycles. The Morgan fingerprint density at radius 1 is 1.00 bits per heavy atom. The van der Waals surface area contributed by atoms with E-state index in [4.69, 9.17) is 0 Å². The lowest BCUT2D eigenvalue weighted by Gasteiger charge is -2.13. The van der Waals surface area contributed by atoms with Crippen molar-refractivity contribution in [2.45, 2.75) is 40.2 Å². The second kappa shape index (κ2) is 8.78. The van der Waals surface area contributed by atoms with Crippen LogP contribution < -0.4 is 10.9 Å². The molecule has 0 fully saturated rings. The van der Waals surface area contributed by atoms with Gasteiger partial charge in [0.25, 0.3) is 5.56 Å². The fraction of sp³-hybridized carbons (Fsp3) is 0.280. The fourth-order valence-corrected chi connectivity index (χ4v) is 3.89. The zero-order valence-electron chi connectivity index (χ0n) is 18.8. The van der Waals surface area contributed by atoms with Crippen LogP contribution >= 0.6 is 0 Å².